The van der Waals surface area contributed by atoms with Gasteiger partial charge in [0.2, 0.25) is 0 Å². The first-order valence-electron chi connectivity index (χ1n) is 12.0. The monoisotopic (exact) mass is 575 g/mol. The quantitative estimate of drug-likeness (QED) is 0.181. The van der Waals surface area contributed by atoms with Crippen molar-refractivity contribution in [2.75, 3.05) is 6.54 Å². The predicted molar refractivity (Wildman–Crippen MR) is 157 cm³/mol. The van der Waals surface area contributed by atoms with Crippen molar-refractivity contribution >= 4 is 57.9 Å². The number of aromatic nitrogens is 2. The number of para-hydroxylation sites is 1. The molecule has 1 aliphatic rings. The molecule has 1 saturated heterocycles. The van der Waals surface area contributed by atoms with Gasteiger partial charge in [-0.15, -0.1) is 0 Å². The summed E-state index contributed by atoms with van der Waals surface area (Å²) in [6.07, 6.45) is 3.42. The van der Waals surface area contributed by atoms with Crippen molar-refractivity contribution in [2.45, 2.75) is 13.0 Å². The third kappa shape index (κ3) is 6.22. The van der Waals surface area contributed by atoms with Crippen LogP contribution in [0.2, 0.25) is 5.02 Å². The first-order valence-corrected chi connectivity index (χ1v) is 13.6. The maximum Gasteiger partial charge on any atom is 0.305 e. The molecule has 10 heteroatoms. The zero-order valence-electron chi connectivity index (χ0n) is 20.5. The molecule has 0 spiro atoms. The van der Waals surface area contributed by atoms with Gasteiger partial charge in [-0.3, -0.25) is 14.5 Å². The van der Waals surface area contributed by atoms with Crippen molar-refractivity contribution in [3.8, 4) is 22.7 Å². The fourth-order valence-electron chi connectivity index (χ4n) is 3.98. The summed E-state index contributed by atoms with van der Waals surface area (Å²) in [6, 6.07) is 24.7. The molecule has 39 heavy (non-hydrogen) atoms. The number of thiocarbonyl (C=S) groups is 1. The largest absolute Gasteiger partial charge is 0.489 e. The first-order chi connectivity index (χ1) is 18.9. The fraction of sp³-hybridized carbons (Fsp3) is 0.103. The van der Waals surface area contributed by atoms with Gasteiger partial charge in [-0.05, 0) is 36.4 Å². The van der Waals surface area contributed by atoms with Gasteiger partial charge >= 0.3 is 5.97 Å². The Morgan fingerprint density at radius 3 is 2.62 bits per heavy atom. The molecule has 1 aliphatic heterocycles. The molecule has 1 amide bonds. The summed E-state index contributed by atoms with van der Waals surface area (Å²) in [4.78, 5) is 25.8. The van der Waals surface area contributed by atoms with Crippen LogP contribution < -0.4 is 4.74 Å². The van der Waals surface area contributed by atoms with Crippen molar-refractivity contribution in [2.24, 2.45) is 0 Å². The molecule has 4 aromatic rings. The standard InChI is InChI=1S/C29H22ClN3O4S2/c30-24-12-5-4-7-20(24)18-37-23-11-6-8-19(15-23)27-21(17-33(31-27)22-9-2-1-3-10-22)16-25-28(36)32(29(38)39-25)14-13-26(34)35/h1-12,15-17H,13-14,18H2,(H,34,35). The van der Waals surface area contributed by atoms with Crippen LogP contribution in [-0.4, -0.2) is 42.5 Å². The number of rotatable bonds is 9. The zero-order valence-corrected chi connectivity index (χ0v) is 22.9. The minimum Gasteiger partial charge on any atom is -0.489 e. The van der Waals surface area contributed by atoms with Gasteiger partial charge in [0.25, 0.3) is 5.91 Å². The van der Waals surface area contributed by atoms with Crippen LogP contribution in [0.15, 0.2) is 90.0 Å². The highest BCUT2D eigenvalue weighted by atomic mass is 35.5. The number of hydrogen-bond acceptors (Lipinski definition) is 6. The Bertz CT molecular complexity index is 1590. The van der Waals surface area contributed by atoms with E-state index in [1.165, 1.54) is 4.90 Å². The third-order valence-corrected chi connectivity index (χ3v) is 7.68. The Kier molecular flexibility index (Phi) is 8.11. The van der Waals surface area contributed by atoms with E-state index in [2.05, 4.69) is 0 Å². The topological polar surface area (TPSA) is 84.7 Å². The van der Waals surface area contributed by atoms with Crippen LogP contribution in [0.5, 0.6) is 5.75 Å². The van der Waals surface area contributed by atoms with E-state index < -0.39 is 5.97 Å². The lowest BCUT2D eigenvalue weighted by Crippen LogP contribution is -2.30. The first kappa shape index (κ1) is 26.7. The highest BCUT2D eigenvalue weighted by Gasteiger charge is 2.32. The average molecular weight is 576 g/mol. The van der Waals surface area contributed by atoms with Crippen LogP contribution in [0.4, 0.5) is 0 Å². The Balaban J connectivity index is 1.48. The minimum atomic E-state index is -0.990. The number of carboxylic acid groups (broad SMARTS) is 1. The van der Waals surface area contributed by atoms with Crippen LogP contribution in [0.25, 0.3) is 23.0 Å². The van der Waals surface area contributed by atoms with E-state index in [1.54, 1.807) is 10.8 Å². The molecule has 0 aliphatic carbocycles. The SMILES string of the molecule is O=C(O)CCN1C(=O)C(=Cc2cn(-c3ccccc3)nc2-c2cccc(OCc3ccccc3Cl)c2)SC1=S. The number of carbonyl (C=O) groups excluding carboxylic acids is 1. The Hall–Kier alpha value is -3.92. The molecule has 0 atom stereocenters. The molecular weight excluding hydrogens is 554 g/mol. The van der Waals surface area contributed by atoms with E-state index >= 15 is 0 Å². The lowest BCUT2D eigenvalue weighted by Gasteiger charge is -2.12. The fourth-order valence-corrected chi connectivity index (χ4v) is 5.47. The van der Waals surface area contributed by atoms with Gasteiger partial charge in [0.1, 0.15) is 22.4 Å². The second-order valence-electron chi connectivity index (χ2n) is 8.60. The van der Waals surface area contributed by atoms with E-state index in [4.69, 9.17) is 38.8 Å². The van der Waals surface area contributed by atoms with Gasteiger partial charge in [0, 0.05) is 34.5 Å². The molecule has 0 bridgehead atoms. The van der Waals surface area contributed by atoms with E-state index in [9.17, 15) is 9.59 Å². The van der Waals surface area contributed by atoms with E-state index in [0.29, 0.717) is 37.9 Å². The van der Waals surface area contributed by atoms with E-state index in [0.717, 1.165) is 28.6 Å². The molecule has 1 N–H and O–H groups in total. The molecule has 0 unspecified atom stereocenters. The summed E-state index contributed by atoms with van der Waals surface area (Å²) in [7, 11) is 0. The van der Waals surface area contributed by atoms with Gasteiger partial charge in [0.05, 0.1) is 17.0 Å². The van der Waals surface area contributed by atoms with Gasteiger partial charge in [0.15, 0.2) is 0 Å². The van der Waals surface area contributed by atoms with Crippen molar-refractivity contribution in [3.05, 3.63) is 106 Å². The summed E-state index contributed by atoms with van der Waals surface area (Å²) in [5, 5.41) is 14.5. The molecule has 0 radical (unpaired) electrons. The lowest BCUT2D eigenvalue weighted by molar-refractivity contribution is -0.137. The highest BCUT2D eigenvalue weighted by Crippen LogP contribution is 2.35. The molecule has 5 rings (SSSR count). The smallest absolute Gasteiger partial charge is 0.305 e. The molecule has 1 fully saturated rings. The van der Waals surface area contributed by atoms with E-state index in [-0.39, 0.29) is 18.9 Å². The molecule has 7 nitrogen and oxygen atoms in total. The molecule has 1 aromatic heterocycles. The molecule has 3 aromatic carbocycles. The number of thioether (sulfide) groups is 1. The number of nitrogens with zero attached hydrogens (tertiary/aromatic N) is 3. The Labute approximate surface area is 239 Å². The number of ether oxygens (including phenoxy) is 1. The molecular formula is C29H22ClN3O4S2. The normalized spacial score (nSPS) is 14.3. The van der Waals surface area contributed by atoms with Crippen molar-refractivity contribution in [1.29, 1.82) is 0 Å². The lowest BCUT2D eigenvalue weighted by atomic mass is 10.1. The van der Waals surface area contributed by atoms with Crippen LogP contribution in [0.1, 0.15) is 17.5 Å². The summed E-state index contributed by atoms with van der Waals surface area (Å²) < 4.78 is 8.11. The van der Waals surface area contributed by atoms with Crippen LogP contribution in [0.3, 0.4) is 0 Å². The number of carbonyl (C=O) groups is 2. The third-order valence-electron chi connectivity index (χ3n) is 5.93. The average Bonchev–Trinajstić information content (AvgIpc) is 3.48. The predicted octanol–water partition coefficient (Wildman–Crippen LogP) is 6.45. The van der Waals surface area contributed by atoms with Gasteiger partial charge in [-0.2, -0.15) is 5.10 Å². The second-order valence-corrected chi connectivity index (χ2v) is 10.7. The summed E-state index contributed by atoms with van der Waals surface area (Å²) in [5.74, 6) is -0.662. The van der Waals surface area contributed by atoms with Gasteiger partial charge in [-0.1, -0.05) is 84.1 Å². The molecule has 196 valence electrons. The number of hydrogen-bond donors (Lipinski definition) is 1. The summed E-state index contributed by atoms with van der Waals surface area (Å²) in [6.45, 7) is 0.339. The number of halogens is 1. The summed E-state index contributed by atoms with van der Waals surface area (Å²) >= 11 is 12.8. The minimum absolute atomic E-state index is 0.0261. The van der Waals surface area contributed by atoms with Gasteiger partial charge in [-0.25, -0.2) is 4.68 Å². The van der Waals surface area contributed by atoms with Gasteiger partial charge < -0.3 is 9.84 Å². The van der Waals surface area contributed by atoms with E-state index in [1.807, 2.05) is 85.1 Å². The number of carboxylic acids is 1. The van der Waals surface area contributed by atoms with Crippen LogP contribution in [0, 0.1) is 0 Å². The number of amides is 1. The zero-order chi connectivity index (χ0) is 27.4. The van der Waals surface area contributed by atoms with Crippen molar-refractivity contribution < 1.29 is 19.4 Å². The number of benzene rings is 3. The van der Waals surface area contributed by atoms with Crippen molar-refractivity contribution in [3.63, 3.8) is 0 Å². The maximum atomic E-state index is 13.1. The second kappa shape index (κ2) is 11.9. The van der Waals surface area contributed by atoms with Crippen LogP contribution in [-0.2, 0) is 16.2 Å². The molecule has 0 saturated carbocycles. The van der Waals surface area contributed by atoms with Crippen LogP contribution >= 0.6 is 35.6 Å². The van der Waals surface area contributed by atoms with Crippen molar-refractivity contribution in [1.82, 2.24) is 14.7 Å². The summed E-state index contributed by atoms with van der Waals surface area (Å²) in [5.41, 5.74) is 3.90. The maximum absolute atomic E-state index is 13.1. The molecule has 2 heterocycles. The Morgan fingerprint density at radius 2 is 1.85 bits per heavy atom. The Morgan fingerprint density at radius 1 is 1.08 bits per heavy atom. The highest BCUT2D eigenvalue weighted by molar-refractivity contribution is 8.26. The number of aliphatic carboxylic acids is 1.